The van der Waals surface area contributed by atoms with Crippen molar-refractivity contribution >= 4 is 23.7 Å². The maximum absolute atomic E-state index is 13.4. The minimum atomic E-state index is -5.02. The zero-order valence-electron chi connectivity index (χ0n) is 35.4. The summed E-state index contributed by atoms with van der Waals surface area (Å²) in [6.45, 7) is -0.764. The summed E-state index contributed by atoms with van der Waals surface area (Å²) in [5.41, 5.74) is 4.39. The summed E-state index contributed by atoms with van der Waals surface area (Å²) in [7, 11) is 1.62. The number of esters is 1. The van der Waals surface area contributed by atoms with Crippen LogP contribution in [-0.4, -0.2) is 76.4 Å². The number of rotatable bonds is 21. The van der Waals surface area contributed by atoms with Crippen molar-refractivity contribution in [3.05, 3.63) is 186 Å². The second-order valence-corrected chi connectivity index (χ2v) is 14.5. The average Bonchev–Trinajstić information content (AvgIpc) is 3.34. The number of halogens is 3. The molecule has 15 heteroatoms. The minimum absolute atomic E-state index is 0.0344. The normalized spacial score (nSPS) is 11.2. The van der Waals surface area contributed by atoms with Gasteiger partial charge >= 0.3 is 18.1 Å². The molecule has 0 saturated heterocycles. The van der Waals surface area contributed by atoms with E-state index in [0.717, 1.165) is 28.0 Å². The molecule has 0 atom stereocenters. The van der Waals surface area contributed by atoms with E-state index in [4.69, 9.17) is 18.9 Å². The van der Waals surface area contributed by atoms with Crippen molar-refractivity contribution in [2.45, 2.75) is 18.3 Å². The highest BCUT2D eigenvalue weighted by Crippen LogP contribution is 2.37. The summed E-state index contributed by atoms with van der Waals surface area (Å²) in [4.78, 5) is 49.7. The molecule has 3 amide bonds. The van der Waals surface area contributed by atoms with Crippen LogP contribution in [0.1, 0.15) is 32.6 Å². The zero-order valence-corrected chi connectivity index (χ0v) is 35.4. The molecule has 65 heavy (non-hydrogen) atoms. The summed E-state index contributed by atoms with van der Waals surface area (Å²) in [6, 6.07) is 48.5. The van der Waals surface area contributed by atoms with Crippen LogP contribution in [0.2, 0.25) is 0 Å². The smallest absolute Gasteiger partial charge is 0.471 e. The third-order valence-corrected chi connectivity index (χ3v) is 10.0. The van der Waals surface area contributed by atoms with Gasteiger partial charge in [0, 0.05) is 26.2 Å². The van der Waals surface area contributed by atoms with E-state index >= 15 is 0 Å². The van der Waals surface area contributed by atoms with Gasteiger partial charge in [0.2, 0.25) is 0 Å². The van der Waals surface area contributed by atoms with Gasteiger partial charge in [0.05, 0.1) is 18.2 Å². The number of methoxy groups -OCH3 is 1. The highest BCUT2D eigenvalue weighted by molar-refractivity contribution is 5.92. The van der Waals surface area contributed by atoms with Crippen LogP contribution < -0.4 is 35.5 Å². The minimum Gasteiger partial charge on any atom is -0.497 e. The highest BCUT2D eigenvalue weighted by atomic mass is 19.4. The number of hydrogen-bond donors (Lipinski definition) is 4. The summed E-state index contributed by atoms with van der Waals surface area (Å²) < 4.78 is 59.6. The van der Waals surface area contributed by atoms with Crippen molar-refractivity contribution < 1.29 is 51.3 Å². The molecular formula is C50H47F3N4O8. The predicted octanol–water partition coefficient (Wildman–Crippen LogP) is 6.97. The van der Waals surface area contributed by atoms with Crippen LogP contribution in [0, 0.1) is 0 Å². The van der Waals surface area contributed by atoms with Gasteiger partial charge < -0.3 is 34.9 Å². The van der Waals surface area contributed by atoms with Crippen LogP contribution in [0.4, 0.5) is 13.2 Å². The number of amides is 3. The lowest BCUT2D eigenvalue weighted by molar-refractivity contribution is -0.173. The van der Waals surface area contributed by atoms with Gasteiger partial charge in [0.25, 0.3) is 11.8 Å². The summed E-state index contributed by atoms with van der Waals surface area (Å²) in [5, 5.41) is 10.7. The number of hydrogen-bond acceptors (Lipinski definition) is 9. The molecular weight excluding hydrogens is 842 g/mol. The van der Waals surface area contributed by atoms with E-state index in [-0.39, 0.29) is 37.6 Å². The van der Waals surface area contributed by atoms with Gasteiger partial charge in [0.15, 0.2) is 13.2 Å². The van der Waals surface area contributed by atoms with Crippen molar-refractivity contribution in [1.29, 1.82) is 0 Å². The predicted molar refractivity (Wildman–Crippen MR) is 237 cm³/mol. The molecule has 0 unspecified atom stereocenters. The molecule has 0 aliphatic rings. The van der Waals surface area contributed by atoms with Crippen molar-refractivity contribution in [3.8, 4) is 28.4 Å². The Balaban J connectivity index is 1.10. The second kappa shape index (κ2) is 22.6. The number of nitrogens with one attached hydrogen (secondary N) is 4. The Labute approximate surface area is 374 Å². The fourth-order valence-electron chi connectivity index (χ4n) is 6.87. The van der Waals surface area contributed by atoms with E-state index in [1.165, 1.54) is 6.07 Å². The van der Waals surface area contributed by atoms with E-state index in [1.54, 1.807) is 48.8 Å². The Hall–Kier alpha value is -7.65. The molecule has 0 saturated carbocycles. The van der Waals surface area contributed by atoms with Gasteiger partial charge in [-0.15, -0.1) is 0 Å². The van der Waals surface area contributed by atoms with Crippen LogP contribution in [0.5, 0.6) is 17.2 Å². The first-order chi connectivity index (χ1) is 31.4. The zero-order chi connectivity index (χ0) is 46.1. The Kier molecular flexibility index (Phi) is 16.3. The van der Waals surface area contributed by atoms with Crippen molar-refractivity contribution in [3.63, 3.8) is 0 Å². The fourth-order valence-corrected chi connectivity index (χ4v) is 6.87. The van der Waals surface area contributed by atoms with Crippen molar-refractivity contribution in [1.82, 2.24) is 21.3 Å². The number of ether oxygens (including phenoxy) is 4. The topological polar surface area (TPSA) is 153 Å². The fraction of sp³-hybridized carbons (Fsp3) is 0.200. The van der Waals surface area contributed by atoms with Crippen molar-refractivity contribution in [2.75, 3.05) is 46.5 Å². The van der Waals surface area contributed by atoms with E-state index < -0.39 is 48.6 Å². The maximum Gasteiger partial charge on any atom is 0.471 e. The molecule has 336 valence electrons. The van der Waals surface area contributed by atoms with Crippen LogP contribution in [0.3, 0.4) is 0 Å². The molecule has 0 spiro atoms. The molecule has 4 N–H and O–H groups in total. The first kappa shape index (κ1) is 46.8. The SMILES string of the molecule is COc1ccc(C(NCCNC(=O)COc2cc(C(=O)OCc3ccccc3)cc(-c3ccc(OCC(=O)NCCNC(=O)C(F)(F)F)cc3)c2)(c2ccccc2)c2ccccc2)cc1. The van der Waals surface area contributed by atoms with E-state index in [1.807, 2.05) is 91.0 Å². The maximum atomic E-state index is 13.4. The lowest BCUT2D eigenvalue weighted by Gasteiger charge is -2.37. The standard InChI is InChI=1S/C50H47F3N4O8/c1-62-42-23-19-41(20-24-42)49(39-13-7-3-8-14-39,40-15-9-4-10-16-40)57-28-27-55-46(59)34-64-44-30-37(29-38(31-44)47(60)65-32-35-11-5-2-6-12-35)36-17-21-43(22-18-36)63-33-45(58)54-25-26-56-48(61)50(51,52)53/h2-24,29-31,57H,25-28,32-34H2,1H3,(H,54,58)(H,55,59)(H,56,61). The molecule has 0 radical (unpaired) electrons. The Morgan fingerprint density at radius 3 is 1.60 bits per heavy atom. The Morgan fingerprint density at radius 2 is 1.03 bits per heavy atom. The average molecular weight is 889 g/mol. The molecule has 6 rings (SSSR count). The van der Waals surface area contributed by atoms with Crippen LogP contribution in [0.15, 0.2) is 158 Å². The number of benzene rings is 6. The molecule has 0 fully saturated rings. The van der Waals surface area contributed by atoms with E-state index in [9.17, 15) is 32.3 Å². The lowest BCUT2D eigenvalue weighted by atomic mass is 9.77. The molecule has 0 heterocycles. The summed E-state index contributed by atoms with van der Waals surface area (Å²) in [6.07, 6.45) is -5.02. The highest BCUT2D eigenvalue weighted by Gasteiger charge is 2.38. The first-order valence-electron chi connectivity index (χ1n) is 20.6. The second-order valence-electron chi connectivity index (χ2n) is 14.5. The van der Waals surface area contributed by atoms with Gasteiger partial charge in [-0.05, 0) is 75.8 Å². The third kappa shape index (κ3) is 13.2. The first-order valence-corrected chi connectivity index (χ1v) is 20.6. The van der Waals surface area contributed by atoms with Gasteiger partial charge in [-0.3, -0.25) is 19.7 Å². The largest absolute Gasteiger partial charge is 0.497 e. The molecule has 0 bridgehead atoms. The lowest BCUT2D eigenvalue weighted by Crippen LogP contribution is -2.47. The summed E-state index contributed by atoms with van der Waals surface area (Å²) >= 11 is 0. The number of alkyl halides is 3. The molecule has 6 aromatic carbocycles. The quantitative estimate of drug-likeness (QED) is 0.0341. The molecule has 0 aromatic heterocycles. The van der Waals surface area contributed by atoms with Crippen LogP contribution >= 0.6 is 0 Å². The van der Waals surface area contributed by atoms with Crippen molar-refractivity contribution in [2.24, 2.45) is 0 Å². The van der Waals surface area contributed by atoms with Gasteiger partial charge in [0.1, 0.15) is 23.9 Å². The number of carbonyl (C=O) groups is 4. The van der Waals surface area contributed by atoms with Crippen LogP contribution in [-0.2, 0) is 31.3 Å². The Morgan fingerprint density at radius 1 is 0.523 bits per heavy atom. The van der Waals surface area contributed by atoms with E-state index in [2.05, 4.69) is 40.2 Å². The van der Waals surface area contributed by atoms with Crippen LogP contribution in [0.25, 0.3) is 11.1 Å². The molecule has 12 nitrogen and oxygen atoms in total. The molecule has 0 aliphatic heterocycles. The van der Waals surface area contributed by atoms with Gasteiger partial charge in [-0.2, -0.15) is 13.2 Å². The molecule has 6 aromatic rings. The van der Waals surface area contributed by atoms with Gasteiger partial charge in [-0.25, -0.2) is 4.79 Å². The van der Waals surface area contributed by atoms with Gasteiger partial charge in [-0.1, -0.05) is 115 Å². The molecule has 0 aliphatic carbocycles. The van der Waals surface area contributed by atoms with E-state index in [0.29, 0.717) is 23.4 Å². The number of carbonyl (C=O) groups excluding carboxylic acids is 4. The Bertz CT molecular complexity index is 2450. The summed E-state index contributed by atoms with van der Waals surface area (Å²) in [5.74, 6) is -2.45. The monoisotopic (exact) mass is 888 g/mol. The third-order valence-electron chi connectivity index (χ3n) is 10.0.